The highest BCUT2D eigenvalue weighted by atomic mass is 16.5. The van der Waals surface area contributed by atoms with E-state index in [9.17, 15) is 14.4 Å². The number of hydrogen-bond donors (Lipinski definition) is 1. The van der Waals surface area contributed by atoms with Crippen molar-refractivity contribution in [1.29, 1.82) is 0 Å². The predicted octanol–water partition coefficient (Wildman–Crippen LogP) is 2.67. The number of benzene rings is 2. The summed E-state index contributed by atoms with van der Waals surface area (Å²) in [7, 11) is 1.64. The maximum Gasteiger partial charge on any atom is 0.255 e. The number of methoxy groups -OCH3 is 1. The van der Waals surface area contributed by atoms with E-state index in [1.807, 2.05) is 36.4 Å². The second-order valence-corrected chi connectivity index (χ2v) is 7.49. The topological polar surface area (TPSA) is 88.6 Å². The van der Waals surface area contributed by atoms with Crippen LogP contribution in [0.3, 0.4) is 0 Å². The number of carbonyl (C=O) groups is 3. The molecule has 0 bridgehead atoms. The number of amides is 3. The Kier molecular flexibility index (Phi) is 4.24. The van der Waals surface area contributed by atoms with Crippen LogP contribution in [-0.4, -0.2) is 40.8 Å². The lowest BCUT2D eigenvalue weighted by Gasteiger charge is -2.29. The van der Waals surface area contributed by atoms with E-state index >= 15 is 0 Å². The third-order valence-electron chi connectivity index (χ3n) is 5.78. The van der Waals surface area contributed by atoms with Crippen LogP contribution in [0.4, 0.5) is 0 Å². The molecule has 1 atom stereocenters. The second-order valence-electron chi connectivity index (χ2n) is 7.49. The molecule has 1 fully saturated rings. The van der Waals surface area contributed by atoms with E-state index in [2.05, 4.69) is 10.3 Å². The molecule has 1 N–H and O–H groups in total. The third-order valence-corrected chi connectivity index (χ3v) is 5.78. The van der Waals surface area contributed by atoms with Gasteiger partial charge in [-0.3, -0.25) is 24.7 Å². The summed E-state index contributed by atoms with van der Waals surface area (Å²) < 4.78 is 5.46. The van der Waals surface area contributed by atoms with Crippen molar-refractivity contribution in [1.82, 2.24) is 15.2 Å². The molecule has 1 saturated heterocycles. The summed E-state index contributed by atoms with van der Waals surface area (Å²) in [4.78, 5) is 42.7. The van der Waals surface area contributed by atoms with Crippen LogP contribution >= 0.6 is 0 Å². The number of fused-ring (bicyclic) bond motifs is 2. The molecule has 5 rings (SSSR count). The van der Waals surface area contributed by atoms with Crippen molar-refractivity contribution in [2.24, 2.45) is 0 Å². The molecule has 2 aliphatic heterocycles. The number of carbonyl (C=O) groups excluding carboxylic acids is 3. The normalized spacial score (nSPS) is 18.5. The number of pyridine rings is 1. The van der Waals surface area contributed by atoms with Gasteiger partial charge < -0.3 is 9.64 Å². The summed E-state index contributed by atoms with van der Waals surface area (Å²) in [6, 6.07) is 12.8. The molecule has 0 aliphatic carbocycles. The van der Waals surface area contributed by atoms with Crippen LogP contribution in [0.15, 0.2) is 48.7 Å². The molecule has 3 heterocycles. The van der Waals surface area contributed by atoms with E-state index in [-0.39, 0.29) is 18.2 Å². The summed E-state index contributed by atoms with van der Waals surface area (Å²) in [5.41, 5.74) is 3.14. The molecule has 3 amide bonds. The second kappa shape index (κ2) is 6.95. The first kappa shape index (κ1) is 18.3. The minimum atomic E-state index is -0.619. The zero-order valence-electron chi connectivity index (χ0n) is 16.3. The van der Waals surface area contributed by atoms with Crippen molar-refractivity contribution in [3.63, 3.8) is 0 Å². The van der Waals surface area contributed by atoms with Gasteiger partial charge in [0.25, 0.3) is 5.91 Å². The molecule has 2 aromatic carbocycles. The Morgan fingerprint density at radius 1 is 1.10 bits per heavy atom. The van der Waals surface area contributed by atoms with Crippen LogP contribution in [0.2, 0.25) is 0 Å². The lowest BCUT2D eigenvalue weighted by molar-refractivity contribution is -0.136. The largest absolute Gasteiger partial charge is 0.496 e. The van der Waals surface area contributed by atoms with Crippen LogP contribution in [0, 0.1) is 0 Å². The SMILES string of the molecule is COc1cccc2c(-c3ccc4c(c3)CN(C3CCC(=O)NC3=O)C4=O)nccc12. The minimum absolute atomic E-state index is 0.182. The Balaban J connectivity index is 1.52. The van der Waals surface area contributed by atoms with Gasteiger partial charge in [-0.25, -0.2) is 0 Å². The molecule has 1 unspecified atom stereocenters. The highest BCUT2D eigenvalue weighted by molar-refractivity contribution is 6.06. The maximum absolute atomic E-state index is 12.9. The van der Waals surface area contributed by atoms with Gasteiger partial charge in [-0.2, -0.15) is 0 Å². The minimum Gasteiger partial charge on any atom is -0.496 e. The predicted molar refractivity (Wildman–Crippen MR) is 110 cm³/mol. The molecule has 7 nitrogen and oxygen atoms in total. The highest BCUT2D eigenvalue weighted by Gasteiger charge is 2.39. The number of aromatic nitrogens is 1. The molecule has 2 aliphatic rings. The van der Waals surface area contributed by atoms with Crippen molar-refractivity contribution in [3.8, 4) is 17.0 Å². The molecule has 150 valence electrons. The van der Waals surface area contributed by atoms with Gasteiger partial charge in [-0.15, -0.1) is 0 Å². The Hall–Kier alpha value is -3.74. The standard InChI is InChI=1S/C23H19N3O4/c1-30-19-4-2-3-17-16(19)9-10-24-21(17)13-5-6-15-14(11-13)12-26(23(15)29)18-7-8-20(27)25-22(18)28/h2-6,9-11,18H,7-8,12H2,1H3,(H,25,27,28). The van der Waals surface area contributed by atoms with Crippen molar-refractivity contribution in [2.75, 3.05) is 7.11 Å². The van der Waals surface area contributed by atoms with E-state index in [1.54, 1.807) is 24.3 Å². The Bertz CT molecular complexity index is 1220. The summed E-state index contributed by atoms with van der Waals surface area (Å²) in [5, 5.41) is 4.25. The van der Waals surface area contributed by atoms with Crippen LogP contribution in [-0.2, 0) is 16.1 Å². The van der Waals surface area contributed by atoms with Gasteiger partial charge in [0.2, 0.25) is 11.8 Å². The van der Waals surface area contributed by atoms with E-state index in [0.717, 1.165) is 33.3 Å². The Labute approximate surface area is 172 Å². The Morgan fingerprint density at radius 3 is 2.77 bits per heavy atom. The first-order chi connectivity index (χ1) is 14.6. The molecule has 0 radical (unpaired) electrons. The molecular formula is C23H19N3O4. The van der Waals surface area contributed by atoms with Crippen molar-refractivity contribution in [3.05, 3.63) is 59.8 Å². The fourth-order valence-corrected chi connectivity index (χ4v) is 4.31. The lowest BCUT2D eigenvalue weighted by atomic mass is 10.00. The fourth-order valence-electron chi connectivity index (χ4n) is 4.31. The number of nitrogens with one attached hydrogen (secondary N) is 1. The zero-order chi connectivity index (χ0) is 20.8. The molecule has 30 heavy (non-hydrogen) atoms. The smallest absolute Gasteiger partial charge is 0.255 e. The van der Waals surface area contributed by atoms with Gasteiger partial charge in [0.05, 0.1) is 12.8 Å². The van der Waals surface area contributed by atoms with Crippen molar-refractivity contribution in [2.45, 2.75) is 25.4 Å². The molecular weight excluding hydrogens is 382 g/mol. The molecule has 0 spiro atoms. The van der Waals surface area contributed by atoms with E-state index < -0.39 is 11.9 Å². The Morgan fingerprint density at radius 2 is 1.97 bits per heavy atom. The van der Waals surface area contributed by atoms with Gasteiger partial charge in [-0.05, 0) is 36.2 Å². The number of nitrogens with zero attached hydrogens (tertiary/aromatic N) is 2. The van der Waals surface area contributed by atoms with Crippen molar-refractivity contribution >= 4 is 28.5 Å². The van der Waals surface area contributed by atoms with Gasteiger partial charge >= 0.3 is 0 Å². The lowest BCUT2D eigenvalue weighted by Crippen LogP contribution is -2.52. The van der Waals surface area contributed by atoms with Crippen molar-refractivity contribution < 1.29 is 19.1 Å². The van der Waals surface area contributed by atoms with E-state index in [0.29, 0.717) is 18.5 Å². The highest BCUT2D eigenvalue weighted by Crippen LogP contribution is 2.35. The summed E-state index contributed by atoms with van der Waals surface area (Å²) >= 11 is 0. The van der Waals surface area contributed by atoms with Crippen LogP contribution < -0.4 is 10.1 Å². The van der Waals surface area contributed by atoms with Crippen LogP contribution in [0.5, 0.6) is 5.75 Å². The quantitative estimate of drug-likeness (QED) is 0.682. The average Bonchev–Trinajstić information content (AvgIpc) is 3.08. The maximum atomic E-state index is 12.9. The van der Waals surface area contributed by atoms with Gasteiger partial charge in [0.1, 0.15) is 11.8 Å². The summed E-state index contributed by atoms with van der Waals surface area (Å²) in [6.07, 6.45) is 2.33. The van der Waals surface area contributed by atoms with Gasteiger partial charge in [0, 0.05) is 41.1 Å². The monoisotopic (exact) mass is 401 g/mol. The number of hydrogen-bond acceptors (Lipinski definition) is 5. The number of piperidine rings is 1. The number of ether oxygens (including phenoxy) is 1. The fraction of sp³-hybridized carbons (Fsp3) is 0.217. The van der Waals surface area contributed by atoms with Crippen LogP contribution in [0.25, 0.3) is 22.0 Å². The van der Waals surface area contributed by atoms with Gasteiger partial charge in [-0.1, -0.05) is 18.2 Å². The first-order valence-electron chi connectivity index (χ1n) is 9.76. The van der Waals surface area contributed by atoms with E-state index in [1.165, 1.54) is 0 Å². The molecule has 0 saturated carbocycles. The molecule has 7 heteroatoms. The number of imide groups is 1. The first-order valence-corrected chi connectivity index (χ1v) is 9.76. The van der Waals surface area contributed by atoms with E-state index in [4.69, 9.17) is 4.74 Å². The summed E-state index contributed by atoms with van der Waals surface area (Å²) in [5.74, 6) is -0.106. The zero-order valence-corrected chi connectivity index (χ0v) is 16.3. The van der Waals surface area contributed by atoms with Gasteiger partial charge in [0.15, 0.2) is 0 Å². The summed E-state index contributed by atoms with van der Waals surface area (Å²) in [6.45, 7) is 0.336. The average molecular weight is 401 g/mol. The number of rotatable bonds is 3. The van der Waals surface area contributed by atoms with Crippen LogP contribution in [0.1, 0.15) is 28.8 Å². The molecule has 1 aromatic heterocycles. The third kappa shape index (κ3) is 2.82. The molecule has 3 aromatic rings.